The van der Waals surface area contributed by atoms with E-state index >= 15 is 0 Å². The number of nitrogens with one attached hydrogen (secondary N) is 1. The molecule has 0 bridgehead atoms. The average molecular weight is 447 g/mol. The largest absolute Gasteiger partial charge is 0.382 e. The molecule has 1 saturated heterocycles. The number of carbonyl (C=O) groups excluding carboxylic acids is 1. The lowest BCUT2D eigenvalue weighted by Gasteiger charge is -2.18. The Morgan fingerprint density at radius 3 is 2.61 bits per heavy atom. The summed E-state index contributed by atoms with van der Waals surface area (Å²) in [5, 5.41) is 2.99. The summed E-state index contributed by atoms with van der Waals surface area (Å²) in [4.78, 5) is 22.6. The van der Waals surface area contributed by atoms with Gasteiger partial charge in [0, 0.05) is 41.7 Å². The van der Waals surface area contributed by atoms with Crippen LogP contribution in [0.15, 0.2) is 36.4 Å². The number of likely N-dealkylation sites (tertiary alicyclic amines) is 1. The van der Waals surface area contributed by atoms with Crippen molar-refractivity contribution in [3.05, 3.63) is 64.9 Å². The predicted octanol–water partition coefficient (Wildman–Crippen LogP) is 3.16. The van der Waals surface area contributed by atoms with Crippen LogP contribution in [0.5, 0.6) is 0 Å². The van der Waals surface area contributed by atoms with E-state index in [2.05, 4.69) is 27.2 Å². The number of nitrogen functional groups attached to an aromatic ring is 1. The fourth-order valence-corrected chi connectivity index (χ4v) is 5.56. The Kier molecular flexibility index (Phi) is 4.41. The van der Waals surface area contributed by atoms with E-state index in [0.29, 0.717) is 29.2 Å². The van der Waals surface area contributed by atoms with Crippen molar-refractivity contribution < 1.29 is 13.6 Å². The van der Waals surface area contributed by atoms with Crippen LogP contribution >= 0.6 is 0 Å². The van der Waals surface area contributed by atoms with Gasteiger partial charge in [-0.1, -0.05) is 24.3 Å². The molecule has 0 amide bonds. The third-order valence-electron chi connectivity index (χ3n) is 7.28. The molecule has 2 fully saturated rings. The highest BCUT2D eigenvalue weighted by atomic mass is 19.1. The van der Waals surface area contributed by atoms with Crippen LogP contribution < -0.4 is 11.1 Å². The van der Waals surface area contributed by atoms with E-state index in [4.69, 9.17) is 5.73 Å². The lowest BCUT2D eigenvalue weighted by molar-refractivity contribution is 0.0982. The molecule has 6 rings (SSSR count). The van der Waals surface area contributed by atoms with Crippen LogP contribution in [0.3, 0.4) is 0 Å². The maximum absolute atomic E-state index is 15.0. The summed E-state index contributed by atoms with van der Waals surface area (Å²) >= 11 is 0. The maximum atomic E-state index is 15.0. The van der Waals surface area contributed by atoms with Crippen LogP contribution in [0, 0.1) is 17.7 Å². The van der Waals surface area contributed by atoms with Crippen molar-refractivity contribution in [2.24, 2.45) is 5.92 Å². The normalized spacial score (nSPS) is 24.0. The minimum absolute atomic E-state index is 0.0189. The minimum Gasteiger partial charge on any atom is -0.382 e. The molecule has 3 aliphatic rings. The first-order chi connectivity index (χ1) is 15.9. The second kappa shape index (κ2) is 7.13. The number of rotatable bonds is 3. The highest BCUT2D eigenvalue weighted by molar-refractivity contribution is 6.00. The van der Waals surface area contributed by atoms with Crippen LogP contribution in [0.1, 0.15) is 27.9 Å². The second-order valence-corrected chi connectivity index (χ2v) is 9.44. The van der Waals surface area contributed by atoms with Gasteiger partial charge in [-0.3, -0.25) is 4.79 Å². The summed E-state index contributed by atoms with van der Waals surface area (Å²) in [6.45, 7) is 2.74. The first-order valence-electron chi connectivity index (χ1n) is 11.0. The highest BCUT2D eigenvalue weighted by Gasteiger charge is 2.59. The quantitative estimate of drug-likeness (QED) is 0.642. The molecule has 168 valence electrons. The van der Waals surface area contributed by atoms with E-state index < -0.39 is 11.8 Å². The van der Waals surface area contributed by atoms with Crippen molar-refractivity contribution in [3.63, 3.8) is 0 Å². The zero-order valence-electron chi connectivity index (χ0n) is 18.2. The van der Waals surface area contributed by atoms with Gasteiger partial charge in [0.25, 0.3) is 0 Å². The number of likely N-dealkylation sites (N-methyl/N-ethyl adjacent to an activating group) is 1. The number of anilines is 1. The number of nitrogens with zero attached hydrogens (tertiary/aromatic N) is 3. The number of Topliss-reactive ketones (excluding diaryl/α,β-unsaturated/α-hetero) is 1. The van der Waals surface area contributed by atoms with E-state index in [9.17, 15) is 13.6 Å². The molecule has 0 unspecified atom stereocenters. The first-order valence-corrected chi connectivity index (χ1v) is 11.0. The minimum atomic E-state index is -0.803. The molecule has 8 heteroatoms. The Morgan fingerprint density at radius 2 is 1.88 bits per heavy atom. The zero-order valence-corrected chi connectivity index (χ0v) is 18.2. The summed E-state index contributed by atoms with van der Waals surface area (Å²) < 4.78 is 29.7. The maximum Gasteiger partial charge on any atom is 0.241 e. The molecule has 2 aromatic carbocycles. The Bertz CT molecular complexity index is 1310. The molecular weight excluding hydrogens is 424 g/mol. The van der Waals surface area contributed by atoms with E-state index in [1.807, 2.05) is 24.3 Å². The first kappa shape index (κ1) is 20.4. The van der Waals surface area contributed by atoms with Gasteiger partial charge in [-0.15, -0.1) is 0 Å². The van der Waals surface area contributed by atoms with Gasteiger partial charge in [-0.05, 0) is 42.6 Å². The number of carbonyl (C=O) groups is 1. The van der Waals surface area contributed by atoms with Gasteiger partial charge in [0.1, 0.15) is 17.2 Å². The molecule has 33 heavy (non-hydrogen) atoms. The second-order valence-electron chi connectivity index (χ2n) is 9.44. The summed E-state index contributed by atoms with van der Waals surface area (Å²) in [5.74, 6) is -1.13. The number of nitrogens with two attached hydrogens (primary N) is 1. The number of piperidine rings is 1. The Balaban J connectivity index is 1.39. The summed E-state index contributed by atoms with van der Waals surface area (Å²) in [7, 11) is 2.13. The van der Waals surface area contributed by atoms with Gasteiger partial charge in [0.05, 0.1) is 6.54 Å². The van der Waals surface area contributed by atoms with Crippen molar-refractivity contribution in [1.29, 1.82) is 0 Å². The molecule has 0 radical (unpaired) electrons. The highest BCUT2D eigenvalue weighted by Crippen LogP contribution is 2.58. The lowest BCUT2D eigenvalue weighted by atomic mass is 9.93. The zero-order chi connectivity index (χ0) is 22.9. The van der Waals surface area contributed by atoms with Crippen molar-refractivity contribution >= 4 is 11.6 Å². The Morgan fingerprint density at radius 1 is 1.09 bits per heavy atom. The van der Waals surface area contributed by atoms with E-state index in [1.165, 1.54) is 18.1 Å². The number of hydrogen-bond acceptors (Lipinski definition) is 6. The monoisotopic (exact) mass is 447 g/mol. The van der Waals surface area contributed by atoms with E-state index in [0.717, 1.165) is 13.1 Å². The van der Waals surface area contributed by atoms with Crippen LogP contribution in [-0.4, -0.2) is 47.3 Å². The van der Waals surface area contributed by atoms with E-state index in [-0.39, 0.29) is 40.5 Å². The SMILES string of the molecule is CN1C[C@H]2C[C@@]2(c2ccc(-c3nc(-c4cc5c(cc4F)C(=O)CNC5)c(N)nc3F)cc2)C1. The molecule has 6 nitrogen and oxygen atoms in total. The number of aromatic nitrogens is 2. The van der Waals surface area contributed by atoms with Gasteiger partial charge in [-0.2, -0.15) is 9.37 Å². The number of ketones is 1. The smallest absolute Gasteiger partial charge is 0.241 e. The molecule has 0 spiro atoms. The van der Waals surface area contributed by atoms with Crippen molar-refractivity contribution in [3.8, 4) is 22.5 Å². The molecule has 3 aromatic rings. The molecular formula is C25H23F2N5O. The third-order valence-corrected chi connectivity index (χ3v) is 7.28. The van der Waals surface area contributed by atoms with Gasteiger partial charge in [0.2, 0.25) is 5.95 Å². The fourth-order valence-electron chi connectivity index (χ4n) is 5.56. The standard InChI is InChI=1S/C25H23F2N5O/c1-32-11-16-8-25(16,12-32)15-4-2-13(3-5-15)21-23(27)31-24(28)22(30-21)18-6-14-9-29-10-20(33)17(14)7-19(18)26/h2-7,16,29H,8-12H2,1H3,(H2,28,31)/t16-,25+/m1/s1. The molecule has 2 aliphatic heterocycles. The number of hydrogen-bond donors (Lipinski definition) is 2. The third kappa shape index (κ3) is 3.16. The molecule has 1 aliphatic carbocycles. The van der Waals surface area contributed by atoms with Crippen molar-refractivity contribution in [1.82, 2.24) is 20.2 Å². The fraction of sp³-hybridized carbons (Fsp3) is 0.320. The van der Waals surface area contributed by atoms with Gasteiger partial charge >= 0.3 is 0 Å². The Hall–Kier alpha value is -3.23. The molecule has 2 atom stereocenters. The number of halogens is 2. The predicted molar refractivity (Wildman–Crippen MR) is 121 cm³/mol. The lowest BCUT2D eigenvalue weighted by Crippen LogP contribution is -2.30. The van der Waals surface area contributed by atoms with E-state index in [1.54, 1.807) is 6.07 Å². The summed E-state index contributed by atoms with van der Waals surface area (Å²) in [5.41, 5.74) is 9.14. The Labute approximate surface area is 189 Å². The summed E-state index contributed by atoms with van der Waals surface area (Å²) in [6.07, 6.45) is 1.19. The molecule has 3 N–H and O–H groups in total. The average Bonchev–Trinajstić information content (AvgIpc) is 3.36. The topological polar surface area (TPSA) is 84.1 Å². The van der Waals surface area contributed by atoms with Gasteiger partial charge in [0.15, 0.2) is 11.6 Å². The van der Waals surface area contributed by atoms with Crippen LogP contribution in [0.4, 0.5) is 14.6 Å². The molecule has 3 heterocycles. The molecule has 1 aromatic heterocycles. The van der Waals surface area contributed by atoms with Crippen molar-refractivity contribution in [2.45, 2.75) is 18.4 Å². The van der Waals surface area contributed by atoms with Crippen LogP contribution in [0.2, 0.25) is 0 Å². The van der Waals surface area contributed by atoms with Crippen molar-refractivity contribution in [2.75, 3.05) is 32.4 Å². The summed E-state index contributed by atoms with van der Waals surface area (Å²) in [6, 6.07) is 10.5. The van der Waals surface area contributed by atoms with Crippen LogP contribution in [0.25, 0.3) is 22.5 Å². The van der Waals surface area contributed by atoms with Gasteiger partial charge in [-0.25, -0.2) is 9.37 Å². The molecule has 1 saturated carbocycles. The van der Waals surface area contributed by atoms with Crippen LogP contribution in [-0.2, 0) is 12.0 Å². The number of benzene rings is 2. The number of fused-ring (bicyclic) bond motifs is 2. The van der Waals surface area contributed by atoms with Gasteiger partial charge < -0.3 is 16.0 Å².